The number of unbranched alkanes of at least 4 members (excludes halogenated alkanes) is 7. The first-order chi connectivity index (χ1) is 30.4. The number of ether oxygens (including phenoxy) is 4. The Morgan fingerprint density at radius 1 is 0.516 bits per heavy atom. The van der Waals surface area contributed by atoms with Gasteiger partial charge in [-0.3, -0.25) is 4.79 Å². The molecule has 0 aromatic carbocycles. The van der Waals surface area contributed by atoms with Crippen LogP contribution in [0.2, 0.25) is 0 Å². The lowest BCUT2D eigenvalue weighted by Crippen LogP contribution is -2.59. The molecule has 1 heterocycles. The quantitative estimate of drug-likeness (QED) is 0.0272. The average Bonchev–Trinajstić information content (AvgIpc) is 3.27. The first-order valence-electron chi connectivity index (χ1n) is 23.6. The Labute approximate surface area is 376 Å². The SMILES string of the molecule is CC/C=C\C/C=C\C/C=C\C/C=C\C/C=C\C/C=C\CCCOCC(COC1OC(CO)C(O)C(O)C1O)OC(=O)CCCCCCCC/C=C\C/C=C\C/C=C\C/C=C\CC. The van der Waals surface area contributed by atoms with E-state index >= 15 is 0 Å². The molecule has 350 valence electrons. The predicted octanol–water partition coefficient (Wildman–Crippen LogP) is 11.1. The van der Waals surface area contributed by atoms with Crippen LogP contribution >= 0.6 is 0 Å². The molecule has 1 fully saturated rings. The maximum absolute atomic E-state index is 12.8. The summed E-state index contributed by atoms with van der Waals surface area (Å²) in [6.07, 6.45) is 55.2. The number of carbonyl (C=O) groups is 1. The Morgan fingerprint density at radius 2 is 0.935 bits per heavy atom. The van der Waals surface area contributed by atoms with E-state index in [1.165, 1.54) is 0 Å². The second kappa shape index (κ2) is 42.9. The molecule has 1 saturated heterocycles. The molecule has 6 atom stereocenters. The van der Waals surface area contributed by atoms with Crippen molar-refractivity contribution in [2.24, 2.45) is 0 Å². The first kappa shape index (κ1) is 56.6. The van der Waals surface area contributed by atoms with Crippen LogP contribution in [0.3, 0.4) is 0 Å². The van der Waals surface area contributed by atoms with E-state index in [1.54, 1.807) is 0 Å². The van der Waals surface area contributed by atoms with Gasteiger partial charge in [0.05, 0.1) is 19.8 Å². The van der Waals surface area contributed by atoms with E-state index in [9.17, 15) is 25.2 Å². The van der Waals surface area contributed by atoms with Gasteiger partial charge in [0.25, 0.3) is 0 Å². The normalized spacial score (nSPS) is 20.9. The molecule has 0 bridgehead atoms. The molecule has 0 amide bonds. The van der Waals surface area contributed by atoms with Crippen LogP contribution in [0.15, 0.2) is 122 Å². The maximum Gasteiger partial charge on any atom is 0.306 e. The minimum absolute atomic E-state index is 0.0895. The van der Waals surface area contributed by atoms with Crippen molar-refractivity contribution in [3.63, 3.8) is 0 Å². The number of hydrogen-bond acceptors (Lipinski definition) is 9. The van der Waals surface area contributed by atoms with Gasteiger partial charge < -0.3 is 39.4 Å². The van der Waals surface area contributed by atoms with Crippen LogP contribution in [0.4, 0.5) is 0 Å². The highest BCUT2D eigenvalue weighted by molar-refractivity contribution is 5.69. The number of allylic oxidation sites excluding steroid dienone is 20. The summed E-state index contributed by atoms with van der Waals surface area (Å²) < 4.78 is 22.7. The van der Waals surface area contributed by atoms with E-state index in [2.05, 4.69) is 135 Å². The smallest absolute Gasteiger partial charge is 0.306 e. The third-order valence-corrected chi connectivity index (χ3v) is 9.87. The molecule has 62 heavy (non-hydrogen) atoms. The van der Waals surface area contributed by atoms with Crippen LogP contribution in [-0.4, -0.2) is 89.6 Å². The summed E-state index contributed by atoms with van der Waals surface area (Å²) in [5.41, 5.74) is 0. The lowest BCUT2D eigenvalue weighted by atomic mass is 9.99. The van der Waals surface area contributed by atoms with Crippen molar-refractivity contribution in [3.8, 4) is 0 Å². The van der Waals surface area contributed by atoms with Crippen LogP contribution in [0.1, 0.15) is 142 Å². The lowest BCUT2D eigenvalue weighted by molar-refractivity contribution is -0.305. The van der Waals surface area contributed by atoms with Gasteiger partial charge >= 0.3 is 5.97 Å². The molecule has 0 spiro atoms. The van der Waals surface area contributed by atoms with Crippen molar-refractivity contribution < 1.29 is 44.2 Å². The van der Waals surface area contributed by atoms with Crippen LogP contribution < -0.4 is 0 Å². The fourth-order valence-electron chi connectivity index (χ4n) is 6.26. The summed E-state index contributed by atoms with van der Waals surface area (Å²) in [5, 5.41) is 40.2. The van der Waals surface area contributed by atoms with Crippen molar-refractivity contribution in [2.45, 2.75) is 179 Å². The summed E-state index contributed by atoms with van der Waals surface area (Å²) in [4.78, 5) is 12.8. The zero-order chi connectivity index (χ0) is 45.0. The van der Waals surface area contributed by atoms with Crippen molar-refractivity contribution in [1.82, 2.24) is 0 Å². The highest BCUT2D eigenvalue weighted by Crippen LogP contribution is 2.22. The Balaban J connectivity index is 2.33. The molecular formula is C53H84O9. The molecule has 9 heteroatoms. The number of carbonyl (C=O) groups excluding carboxylic acids is 1. The fourth-order valence-corrected chi connectivity index (χ4v) is 6.26. The number of esters is 1. The van der Waals surface area contributed by atoms with Gasteiger partial charge in [-0.1, -0.05) is 161 Å². The van der Waals surface area contributed by atoms with E-state index in [-0.39, 0.29) is 25.6 Å². The summed E-state index contributed by atoms with van der Waals surface area (Å²) in [6.45, 7) is 4.13. The summed E-state index contributed by atoms with van der Waals surface area (Å²) in [7, 11) is 0. The molecule has 4 N–H and O–H groups in total. The van der Waals surface area contributed by atoms with Crippen LogP contribution in [0.5, 0.6) is 0 Å². The zero-order valence-electron chi connectivity index (χ0n) is 38.3. The average molecular weight is 865 g/mol. The zero-order valence-corrected chi connectivity index (χ0v) is 38.3. The molecule has 0 aromatic rings. The Kier molecular flexibility index (Phi) is 39.1. The fraction of sp³-hybridized carbons (Fsp3) is 0.604. The summed E-state index contributed by atoms with van der Waals surface area (Å²) in [5.74, 6) is -0.353. The first-order valence-corrected chi connectivity index (χ1v) is 23.6. The highest BCUT2D eigenvalue weighted by atomic mass is 16.7. The van der Waals surface area contributed by atoms with Gasteiger partial charge in [0, 0.05) is 13.0 Å². The van der Waals surface area contributed by atoms with E-state index < -0.39 is 43.4 Å². The van der Waals surface area contributed by atoms with Crippen molar-refractivity contribution in [1.29, 1.82) is 0 Å². The van der Waals surface area contributed by atoms with Crippen molar-refractivity contribution >= 4 is 5.97 Å². The molecule has 9 nitrogen and oxygen atoms in total. The topological polar surface area (TPSA) is 135 Å². The van der Waals surface area contributed by atoms with Crippen LogP contribution in [0, 0.1) is 0 Å². The molecular weight excluding hydrogens is 781 g/mol. The molecule has 0 aromatic heterocycles. The van der Waals surface area contributed by atoms with Gasteiger partial charge in [0.15, 0.2) is 6.29 Å². The molecule has 1 aliphatic rings. The third kappa shape index (κ3) is 33.2. The molecule has 0 saturated carbocycles. The van der Waals surface area contributed by atoms with E-state index in [0.717, 1.165) is 122 Å². The predicted molar refractivity (Wildman–Crippen MR) is 256 cm³/mol. The van der Waals surface area contributed by atoms with Gasteiger partial charge in [-0.25, -0.2) is 0 Å². The third-order valence-electron chi connectivity index (χ3n) is 9.87. The molecule has 0 aliphatic carbocycles. The molecule has 0 radical (unpaired) electrons. The summed E-state index contributed by atoms with van der Waals surface area (Å²) in [6, 6.07) is 0. The Morgan fingerprint density at radius 3 is 1.40 bits per heavy atom. The highest BCUT2D eigenvalue weighted by Gasteiger charge is 2.44. The standard InChI is InChI=1S/C53H84O9/c1-3-5-7-9-11-13-15-17-19-21-23-25-27-29-31-33-35-37-39-41-43-59-45-47(46-60-53-52(58)51(57)50(56)48(44-54)62-53)61-49(55)42-40-38-36-34-32-30-28-26-24-22-20-18-16-14-12-10-8-6-4-2/h5-8,11-14,17-20,23-26,29,31,35,37,47-48,50-54,56-58H,3-4,9-10,15-16,21-22,27-28,30,32-34,36,38-46H2,1-2H3/b7-5-,8-6-,13-11-,14-12-,19-17-,20-18-,25-23-,26-24-,31-29-,37-35-. The number of rotatable bonds is 38. The lowest BCUT2D eigenvalue weighted by Gasteiger charge is -2.39. The van der Waals surface area contributed by atoms with Crippen LogP contribution in [0.25, 0.3) is 0 Å². The number of hydrogen-bond donors (Lipinski definition) is 4. The van der Waals surface area contributed by atoms with Crippen molar-refractivity contribution in [2.75, 3.05) is 26.4 Å². The molecule has 1 aliphatic heterocycles. The second-order valence-electron chi connectivity index (χ2n) is 15.4. The van der Waals surface area contributed by atoms with Gasteiger partial charge in [0.1, 0.15) is 30.5 Å². The second-order valence-corrected chi connectivity index (χ2v) is 15.4. The molecule has 6 unspecified atom stereocenters. The minimum atomic E-state index is -1.56. The van der Waals surface area contributed by atoms with Gasteiger partial charge in [0.2, 0.25) is 0 Å². The number of aliphatic hydroxyl groups is 4. The Hall–Kier alpha value is -3.41. The van der Waals surface area contributed by atoms with Crippen molar-refractivity contribution in [3.05, 3.63) is 122 Å². The Bertz CT molecular complexity index is 1350. The monoisotopic (exact) mass is 865 g/mol. The van der Waals surface area contributed by atoms with Gasteiger partial charge in [-0.05, 0) is 96.3 Å². The van der Waals surface area contributed by atoms with Gasteiger partial charge in [-0.15, -0.1) is 0 Å². The largest absolute Gasteiger partial charge is 0.457 e. The minimum Gasteiger partial charge on any atom is -0.457 e. The molecule has 1 rings (SSSR count). The number of aliphatic hydroxyl groups excluding tert-OH is 4. The maximum atomic E-state index is 12.8. The van der Waals surface area contributed by atoms with E-state index in [4.69, 9.17) is 18.9 Å². The van der Waals surface area contributed by atoms with Crippen LogP contribution in [-0.2, 0) is 23.7 Å². The summed E-state index contributed by atoms with van der Waals surface area (Å²) >= 11 is 0. The van der Waals surface area contributed by atoms with Gasteiger partial charge in [-0.2, -0.15) is 0 Å². The van der Waals surface area contributed by atoms with E-state index in [0.29, 0.717) is 6.61 Å². The van der Waals surface area contributed by atoms with E-state index in [1.807, 2.05) is 0 Å².